The van der Waals surface area contributed by atoms with Crippen molar-refractivity contribution in [1.29, 1.82) is 0 Å². The summed E-state index contributed by atoms with van der Waals surface area (Å²) in [5.41, 5.74) is 6.96. The van der Waals surface area contributed by atoms with E-state index in [1.54, 1.807) is 17.2 Å². The lowest BCUT2D eigenvalue weighted by Gasteiger charge is -2.19. The molecule has 0 radical (unpaired) electrons. The van der Waals surface area contributed by atoms with Gasteiger partial charge in [0, 0.05) is 24.8 Å². The van der Waals surface area contributed by atoms with Gasteiger partial charge >= 0.3 is 0 Å². The van der Waals surface area contributed by atoms with E-state index < -0.39 is 0 Å². The number of hydrogen-bond donors (Lipinski definition) is 1. The van der Waals surface area contributed by atoms with Gasteiger partial charge in [0.1, 0.15) is 5.69 Å². The summed E-state index contributed by atoms with van der Waals surface area (Å²) in [5, 5.41) is 3.93. The molecule has 23 heavy (non-hydrogen) atoms. The first-order valence-corrected chi connectivity index (χ1v) is 7.08. The lowest BCUT2D eigenvalue weighted by molar-refractivity contribution is 0.0701. The molecule has 1 saturated heterocycles. The third-order valence-corrected chi connectivity index (χ3v) is 3.90. The van der Waals surface area contributed by atoms with Gasteiger partial charge in [0.2, 0.25) is 5.76 Å². The number of aromatic nitrogens is 2. The molecule has 2 aromatic rings. The second kappa shape index (κ2) is 8.29. The van der Waals surface area contributed by atoms with Gasteiger partial charge in [-0.3, -0.25) is 9.78 Å². The number of carbonyl (C=O) groups excluding carboxylic acids is 1. The van der Waals surface area contributed by atoms with Crippen molar-refractivity contribution in [2.75, 3.05) is 13.1 Å². The van der Waals surface area contributed by atoms with Crippen molar-refractivity contribution in [1.82, 2.24) is 15.0 Å². The Hall–Kier alpha value is -1.63. The van der Waals surface area contributed by atoms with Crippen molar-refractivity contribution >= 4 is 30.7 Å². The van der Waals surface area contributed by atoms with Crippen molar-refractivity contribution in [3.8, 4) is 11.4 Å². The van der Waals surface area contributed by atoms with Crippen LogP contribution >= 0.6 is 24.8 Å². The Balaban J connectivity index is 0.00000132. The standard InChI is InChI=1S/C15H18N4O2.2ClH/c1-10-6-11(8-16)9-19(10)15(20)14-7-13(18-21-14)12-4-2-3-5-17-12;;/h2-5,7,10-11H,6,8-9,16H2,1H3;2*1H. The van der Waals surface area contributed by atoms with Gasteiger partial charge in [0.05, 0.1) is 5.69 Å². The molecular formula is C15H20Cl2N4O2. The summed E-state index contributed by atoms with van der Waals surface area (Å²) in [7, 11) is 0. The number of likely N-dealkylation sites (tertiary alicyclic amines) is 1. The van der Waals surface area contributed by atoms with Crippen molar-refractivity contribution < 1.29 is 9.32 Å². The molecule has 1 aliphatic rings. The van der Waals surface area contributed by atoms with Gasteiger partial charge in [0.15, 0.2) is 0 Å². The van der Waals surface area contributed by atoms with Crippen LogP contribution in [0.5, 0.6) is 0 Å². The molecule has 2 aromatic heterocycles. The quantitative estimate of drug-likeness (QED) is 0.910. The SMILES string of the molecule is CC1CC(CN)CN1C(=O)c1cc(-c2ccccn2)no1.Cl.Cl. The number of nitrogens with zero attached hydrogens (tertiary/aromatic N) is 3. The number of rotatable bonds is 3. The number of nitrogens with two attached hydrogens (primary N) is 1. The van der Waals surface area contributed by atoms with Crippen molar-refractivity contribution in [3.05, 3.63) is 36.2 Å². The molecule has 0 saturated carbocycles. The van der Waals surface area contributed by atoms with Gasteiger partial charge in [-0.25, -0.2) is 0 Å². The first-order chi connectivity index (χ1) is 10.2. The second-order valence-corrected chi connectivity index (χ2v) is 5.44. The average Bonchev–Trinajstić information content (AvgIpc) is 3.14. The molecule has 2 unspecified atom stereocenters. The van der Waals surface area contributed by atoms with Gasteiger partial charge in [-0.15, -0.1) is 24.8 Å². The fourth-order valence-corrected chi connectivity index (χ4v) is 2.75. The van der Waals surface area contributed by atoms with E-state index in [-0.39, 0.29) is 42.5 Å². The Morgan fingerprint density at radius 2 is 2.17 bits per heavy atom. The highest BCUT2D eigenvalue weighted by molar-refractivity contribution is 5.92. The van der Waals surface area contributed by atoms with E-state index in [2.05, 4.69) is 10.1 Å². The highest BCUT2D eigenvalue weighted by atomic mass is 35.5. The molecule has 3 rings (SSSR count). The van der Waals surface area contributed by atoms with E-state index >= 15 is 0 Å². The maximum Gasteiger partial charge on any atom is 0.292 e. The minimum absolute atomic E-state index is 0. The maximum atomic E-state index is 12.5. The average molecular weight is 359 g/mol. The molecule has 0 aliphatic carbocycles. The zero-order chi connectivity index (χ0) is 14.8. The molecule has 3 heterocycles. The molecule has 1 aliphatic heterocycles. The fourth-order valence-electron chi connectivity index (χ4n) is 2.75. The van der Waals surface area contributed by atoms with E-state index in [0.29, 0.717) is 30.4 Å². The van der Waals surface area contributed by atoms with E-state index in [0.717, 1.165) is 6.42 Å². The third-order valence-electron chi connectivity index (χ3n) is 3.90. The molecule has 1 amide bonds. The lowest BCUT2D eigenvalue weighted by atomic mass is 10.1. The largest absolute Gasteiger partial charge is 0.350 e. The number of halogens is 2. The molecule has 126 valence electrons. The molecular weight excluding hydrogens is 339 g/mol. The first-order valence-electron chi connectivity index (χ1n) is 7.08. The van der Waals surface area contributed by atoms with Crippen LogP contribution in [0.25, 0.3) is 11.4 Å². The van der Waals surface area contributed by atoms with Crippen LogP contribution in [0.4, 0.5) is 0 Å². The first kappa shape index (κ1) is 19.4. The Labute approximate surface area is 147 Å². The van der Waals surface area contributed by atoms with Crippen LogP contribution in [0.15, 0.2) is 35.0 Å². The smallest absolute Gasteiger partial charge is 0.292 e. The minimum atomic E-state index is -0.131. The van der Waals surface area contributed by atoms with Crippen LogP contribution in [-0.2, 0) is 0 Å². The second-order valence-electron chi connectivity index (χ2n) is 5.44. The van der Waals surface area contributed by atoms with Crippen LogP contribution < -0.4 is 5.73 Å². The summed E-state index contributed by atoms with van der Waals surface area (Å²) in [6.45, 7) is 3.31. The number of pyridine rings is 1. The normalized spacial score (nSPS) is 19.8. The number of hydrogen-bond acceptors (Lipinski definition) is 5. The molecule has 2 N–H and O–H groups in total. The summed E-state index contributed by atoms with van der Waals surface area (Å²) >= 11 is 0. The van der Waals surface area contributed by atoms with Crippen LogP contribution in [-0.4, -0.2) is 40.1 Å². The Morgan fingerprint density at radius 3 is 2.78 bits per heavy atom. The van der Waals surface area contributed by atoms with Crippen LogP contribution in [0.2, 0.25) is 0 Å². The van der Waals surface area contributed by atoms with Crippen LogP contribution in [0.1, 0.15) is 23.9 Å². The third kappa shape index (κ3) is 4.02. The van der Waals surface area contributed by atoms with Gasteiger partial charge in [-0.05, 0) is 37.9 Å². The van der Waals surface area contributed by atoms with E-state index in [1.807, 2.05) is 25.1 Å². The minimum Gasteiger partial charge on any atom is -0.350 e. The number of carbonyl (C=O) groups is 1. The van der Waals surface area contributed by atoms with E-state index in [4.69, 9.17) is 10.3 Å². The molecule has 8 heteroatoms. The predicted octanol–water partition coefficient (Wildman–Crippen LogP) is 2.39. The summed E-state index contributed by atoms with van der Waals surface area (Å²) < 4.78 is 5.20. The van der Waals surface area contributed by atoms with E-state index in [1.165, 1.54) is 0 Å². The van der Waals surface area contributed by atoms with Crippen molar-refractivity contribution in [3.63, 3.8) is 0 Å². The van der Waals surface area contributed by atoms with Crippen LogP contribution in [0, 0.1) is 5.92 Å². The summed E-state index contributed by atoms with van der Waals surface area (Å²) in [5.74, 6) is 0.482. The monoisotopic (exact) mass is 358 g/mol. The zero-order valence-electron chi connectivity index (χ0n) is 12.7. The highest BCUT2D eigenvalue weighted by Gasteiger charge is 2.33. The van der Waals surface area contributed by atoms with Gasteiger partial charge < -0.3 is 15.2 Å². The lowest BCUT2D eigenvalue weighted by Crippen LogP contribution is -2.34. The molecule has 6 nitrogen and oxygen atoms in total. The summed E-state index contributed by atoms with van der Waals surface area (Å²) in [4.78, 5) is 18.5. The van der Waals surface area contributed by atoms with E-state index in [9.17, 15) is 4.79 Å². The van der Waals surface area contributed by atoms with Gasteiger partial charge in [-0.2, -0.15) is 0 Å². The molecule has 0 spiro atoms. The Kier molecular flexibility index (Phi) is 7.00. The van der Waals surface area contributed by atoms with Crippen molar-refractivity contribution in [2.45, 2.75) is 19.4 Å². The Bertz CT molecular complexity index is 635. The molecule has 2 atom stereocenters. The molecule has 0 aromatic carbocycles. The topological polar surface area (TPSA) is 85.2 Å². The Morgan fingerprint density at radius 1 is 1.39 bits per heavy atom. The highest BCUT2D eigenvalue weighted by Crippen LogP contribution is 2.25. The number of amides is 1. The molecule has 1 fully saturated rings. The predicted molar refractivity (Wildman–Crippen MR) is 91.9 cm³/mol. The van der Waals surface area contributed by atoms with Crippen molar-refractivity contribution in [2.24, 2.45) is 11.7 Å². The van der Waals surface area contributed by atoms with Gasteiger partial charge in [-0.1, -0.05) is 11.2 Å². The molecule has 0 bridgehead atoms. The van der Waals surface area contributed by atoms with Crippen LogP contribution in [0.3, 0.4) is 0 Å². The fraction of sp³-hybridized carbons (Fsp3) is 0.400. The summed E-state index contributed by atoms with van der Waals surface area (Å²) in [6.07, 6.45) is 2.61. The van der Waals surface area contributed by atoms with Gasteiger partial charge in [0.25, 0.3) is 5.91 Å². The summed E-state index contributed by atoms with van der Waals surface area (Å²) in [6, 6.07) is 7.35. The zero-order valence-corrected chi connectivity index (χ0v) is 14.3. The maximum absolute atomic E-state index is 12.5.